The van der Waals surface area contributed by atoms with E-state index in [1.54, 1.807) is 6.07 Å². The van der Waals surface area contributed by atoms with Gasteiger partial charge in [-0.1, -0.05) is 12.1 Å². The van der Waals surface area contributed by atoms with Crippen LogP contribution in [-0.2, 0) is 6.42 Å². The van der Waals surface area contributed by atoms with Crippen LogP contribution in [0.4, 0.5) is 8.78 Å². The number of aliphatic imine (C=N–C) groups is 1. The Morgan fingerprint density at radius 3 is 2.71 bits per heavy atom. The number of hydrogen-bond donors (Lipinski definition) is 2. The van der Waals surface area contributed by atoms with Crippen LogP contribution >= 0.6 is 0 Å². The number of aryl methyl sites for hydroxylation is 1. The van der Waals surface area contributed by atoms with Gasteiger partial charge in [-0.3, -0.25) is 4.99 Å². The van der Waals surface area contributed by atoms with Crippen molar-refractivity contribution in [3.8, 4) is 0 Å². The molecule has 1 aromatic carbocycles. The summed E-state index contributed by atoms with van der Waals surface area (Å²) in [6, 6.07) is 7.96. The lowest BCUT2D eigenvalue weighted by Gasteiger charge is -2.16. The lowest BCUT2D eigenvalue weighted by molar-refractivity contribution is 0.441. The van der Waals surface area contributed by atoms with Gasteiger partial charge in [-0.25, -0.2) is 8.78 Å². The van der Waals surface area contributed by atoms with E-state index in [0.717, 1.165) is 17.6 Å². The molecule has 2 aromatic rings. The quantitative estimate of drug-likeness (QED) is 0.625. The van der Waals surface area contributed by atoms with Gasteiger partial charge in [0.15, 0.2) is 17.6 Å². The van der Waals surface area contributed by atoms with Gasteiger partial charge in [0, 0.05) is 13.1 Å². The van der Waals surface area contributed by atoms with Crippen LogP contribution in [0, 0.1) is 18.6 Å². The first kappa shape index (κ1) is 18.0. The molecule has 1 aromatic heterocycles. The second-order valence-electron chi connectivity index (χ2n) is 5.54. The predicted molar refractivity (Wildman–Crippen MR) is 91.0 cm³/mol. The highest BCUT2D eigenvalue weighted by atomic mass is 19.2. The zero-order valence-corrected chi connectivity index (χ0v) is 14.2. The summed E-state index contributed by atoms with van der Waals surface area (Å²) in [6.45, 7) is 6.87. The SMILES string of the molecule is CCNC(=NCCc1cccc(F)c1F)NC(C)c1ccc(C)o1. The largest absolute Gasteiger partial charge is 0.464 e. The molecule has 0 aliphatic carbocycles. The van der Waals surface area contributed by atoms with Gasteiger partial charge in [-0.2, -0.15) is 0 Å². The molecule has 6 heteroatoms. The van der Waals surface area contributed by atoms with Crippen LogP contribution in [0.25, 0.3) is 0 Å². The molecule has 0 fully saturated rings. The molecule has 0 saturated carbocycles. The van der Waals surface area contributed by atoms with E-state index in [0.29, 0.717) is 31.0 Å². The van der Waals surface area contributed by atoms with Crippen LogP contribution in [0.3, 0.4) is 0 Å². The monoisotopic (exact) mass is 335 g/mol. The standard InChI is InChI=1S/C18H23F2N3O/c1-4-21-18(23-13(3)16-9-8-12(2)24-16)22-11-10-14-6-5-7-15(19)17(14)20/h5-9,13H,4,10-11H2,1-3H3,(H2,21,22,23). The highest BCUT2D eigenvalue weighted by molar-refractivity contribution is 5.80. The summed E-state index contributed by atoms with van der Waals surface area (Å²) in [4.78, 5) is 4.42. The highest BCUT2D eigenvalue weighted by Crippen LogP contribution is 2.15. The normalized spacial score (nSPS) is 13.0. The Labute approximate surface area is 141 Å². The fourth-order valence-corrected chi connectivity index (χ4v) is 2.31. The second kappa shape index (κ2) is 8.47. The topological polar surface area (TPSA) is 49.6 Å². The molecule has 0 aliphatic heterocycles. The number of guanidine groups is 1. The van der Waals surface area contributed by atoms with Gasteiger partial charge in [0.05, 0.1) is 6.04 Å². The van der Waals surface area contributed by atoms with Gasteiger partial charge in [-0.15, -0.1) is 0 Å². The van der Waals surface area contributed by atoms with Crippen molar-refractivity contribution < 1.29 is 13.2 Å². The van der Waals surface area contributed by atoms with Crippen molar-refractivity contribution in [1.29, 1.82) is 0 Å². The average molecular weight is 335 g/mol. The summed E-state index contributed by atoms with van der Waals surface area (Å²) in [5.41, 5.74) is 0.323. The van der Waals surface area contributed by atoms with Gasteiger partial charge in [0.25, 0.3) is 0 Å². The van der Waals surface area contributed by atoms with Crippen LogP contribution in [-0.4, -0.2) is 19.0 Å². The molecule has 1 atom stereocenters. The molecule has 2 rings (SSSR count). The van der Waals surface area contributed by atoms with Crippen LogP contribution in [0.15, 0.2) is 39.7 Å². The molecule has 0 bridgehead atoms. The number of halogens is 2. The van der Waals surface area contributed by atoms with Gasteiger partial charge in [0.2, 0.25) is 0 Å². The fourth-order valence-electron chi connectivity index (χ4n) is 2.31. The lowest BCUT2D eigenvalue weighted by Crippen LogP contribution is -2.38. The number of nitrogens with one attached hydrogen (secondary N) is 2. The van der Waals surface area contributed by atoms with E-state index in [1.807, 2.05) is 32.9 Å². The molecule has 4 nitrogen and oxygen atoms in total. The maximum absolute atomic E-state index is 13.6. The van der Waals surface area contributed by atoms with E-state index < -0.39 is 11.6 Å². The Morgan fingerprint density at radius 1 is 1.25 bits per heavy atom. The van der Waals surface area contributed by atoms with E-state index >= 15 is 0 Å². The van der Waals surface area contributed by atoms with Gasteiger partial charge >= 0.3 is 0 Å². The van der Waals surface area contributed by atoms with Gasteiger partial charge < -0.3 is 15.1 Å². The third-order valence-electron chi connectivity index (χ3n) is 3.57. The Hall–Kier alpha value is -2.37. The molecule has 1 heterocycles. The first-order chi connectivity index (χ1) is 11.5. The summed E-state index contributed by atoms with van der Waals surface area (Å²) in [6.07, 6.45) is 0.328. The van der Waals surface area contributed by atoms with E-state index in [4.69, 9.17) is 4.42 Å². The van der Waals surface area contributed by atoms with Crippen molar-refractivity contribution in [3.05, 3.63) is 59.1 Å². The van der Waals surface area contributed by atoms with Crippen LogP contribution in [0.5, 0.6) is 0 Å². The summed E-state index contributed by atoms with van der Waals surface area (Å²) in [5.74, 6) is 0.640. The highest BCUT2D eigenvalue weighted by Gasteiger charge is 2.11. The van der Waals surface area contributed by atoms with Gasteiger partial charge in [-0.05, 0) is 51.0 Å². The molecule has 24 heavy (non-hydrogen) atoms. The zero-order valence-electron chi connectivity index (χ0n) is 14.2. The molecule has 0 saturated heterocycles. The van der Waals surface area contributed by atoms with Crippen LogP contribution in [0.2, 0.25) is 0 Å². The summed E-state index contributed by atoms with van der Waals surface area (Å²) in [7, 11) is 0. The van der Waals surface area contributed by atoms with Crippen molar-refractivity contribution in [3.63, 3.8) is 0 Å². The lowest BCUT2D eigenvalue weighted by atomic mass is 10.1. The molecule has 130 valence electrons. The molecule has 0 spiro atoms. The molecule has 0 aliphatic rings. The summed E-state index contributed by atoms with van der Waals surface area (Å²) >= 11 is 0. The number of hydrogen-bond acceptors (Lipinski definition) is 2. The minimum atomic E-state index is -0.830. The minimum Gasteiger partial charge on any atom is -0.464 e. The molecular formula is C18H23F2N3O. The van der Waals surface area contributed by atoms with Crippen molar-refractivity contribution in [2.75, 3.05) is 13.1 Å². The Bertz CT molecular complexity index is 697. The maximum Gasteiger partial charge on any atom is 0.191 e. The first-order valence-corrected chi connectivity index (χ1v) is 8.05. The van der Waals surface area contributed by atoms with E-state index in [-0.39, 0.29) is 6.04 Å². The molecule has 1 unspecified atom stereocenters. The average Bonchev–Trinajstić information content (AvgIpc) is 2.98. The predicted octanol–water partition coefficient (Wildman–Crippen LogP) is 3.73. The van der Waals surface area contributed by atoms with Crippen molar-refractivity contribution in [1.82, 2.24) is 10.6 Å². The summed E-state index contributed by atoms with van der Waals surface area (Å²) in [5, 5.41) is 6.37. The smallest absolute Gasteiger partial charge is 0.191 e. The minimum absolute atomic E-state index is 0.0533. The Balaban J connectivity index is 1.98. The van der Waals surface area contributed by atoms with Crippen LogP contribution < -0.4 is 10.6 Å². The van der Waals surface area contributed by atoms with E-state index in [9.17, 15) is 8.78 Å². The van der Waals surface area contributed by atoms with Crippen molar-refractivity contribution in [2.24, 2.45) is 4.99 Å². The third-order valence-corrected chi connectivity index (χ3v) is 3.57. The van der Waals surface area contributed by atoms with E-state index in [1.165, 1.54) is 6.07 Å². The van der Waals surface area contributed by atoms with Crippen molar-refractivity contribution in [2.45, 2.75) is 33.2 Å². The maximum atomic E-state index is 13.6. The molecule has 0 radical (unpaired) electrons. The van der Waals surface area contributed by atoms with Crippen molar-refractivity contribution >= 4 is 5.96 Å². The molecule has 0 amide bonds. The fraction of sp³-hybridized carbons (Fsp3) is 0.389. The number of nitrogens with zero attached hydrogens (tertiary/aromatic N) is 1. The Kier molecular flexibility index (Phi) is 6.35. The summed E-state index contributed by atoms with van der Waals surface area (Å²) < 4.78 is 32.4. The number of furan rings is 1. The first-order valence-electron chi connectivity index (χ1n) is 8.05. The molecule has 2 N–H and O–H groups in total. The Morgan fingerprint density at radius 2 is 2.04 bits per heavy atom. The number of benzene rings is 1. The second-order valence-corrected chi connectivity index (χ2v) is 5.54. The van der Waals surface area contributed by atoms with Gasteiger partial charge in [0.1, 0.15) is 11.5 Å². The third kappa shape index (κ3) is 4.81. The number of rotatable bonds is 6. The zero-order chi connectivity index (χ0) is 17.5. The van der Waals surface area contributed by atoms with E-state index in [2.05, 4.69) is 15.6 Å². The van der Waals surface area contributed by atoms with Crippen LogP contribution in [0.1, 0.15) is 37.0 Å². The molecular weight excluding hydrogens is 312 g/mol.